The molecule has 0 bridgehead atoms. The number of methoxy groups -OCH3 is 1. The van der Waals surface area contributed by atoms with Gasteiger partial charge in [0.1, 0.15) is 4.83 Å². The molecule has 1 amide bonds. The second-order valence-corrected chi connectivity index (χ2v) is 9.76. The second kappa shape index (κ2) is 8.55. The molecule has 4 rings (SSSR count). The molecular formula is C20H27N3O3S2. The van der Waals surface area contributed by atoms with Crippen LogP contribution in [-0.2, 0) is 28.9 Å². The summed E-state index contributed by atoms with van der Waals surface area (Å²) in [5.41, 5.74) is 1.21. The van der Waals surface area contributed by atoms with Crippen molar-refractivity contribution in [1.82, 2.24) is 14.5 Å². The van der Waals surface area contributed by atoms with E-state index in [1.54, 1.807) is 23.0 Å². The van der Waals surface area contributed by atoms with E-state index in [-0.39, 0.29) is 11.5 Å². The van der Waals surface area contributed by atoms with E-state index in [0.717, 1.165) is 55.4 Å². The van der Waals surface area contributed by atoms with Crippen molar-refractivity contribution in [3.05, 3.63) is 20.8 Å². The summed E-state index contributed by atoms with van der Waals surface area (Å²) in [7, 11) is 1.63. The normalized spacial score (nSPS) is 17.4. The first-order valence-corrected chi connectivity index (χ1v) is 11.8. The van der Waals surface area contributed by atoms with Crippen molar-refractivity contribution in [1.29, 1.82) is 0 Å². The SMILES string of the molecule is COCCn1c(SCC(=O)N2CCC(C)CC2)nc2sc3c(c2c1=O)CCC3. The molecule has 2 aromatic heterocycles. The molecule has 1 saturated heterocycles. The number of amides is 1. The standard InChI is InChI=1S/C20H27N3O3S2/c1-13-6-8-22(9-7-13)16(24)12-27-20-21-18-17(14-4-3-5-15(14)28-18)19(25)23(20)10-11-26-2/h13H,3-12H2,1-2H3. The maximum Gasteiger partial charge on any atom is 0.263 e. The van der Waals surface area contributed by atoms with Gasteiger partial charge in [-0.05, 0) is 43.6 Å². The average Bonchev–Trinajstić information content (AvgIpc) is 3.27. The quantitative estimate of drug-likeness (QED) is 0.530. The van der Waals surface area contributed by atoms with Gasteiger partial charge in [0, 0.05) is 25.1 Å². The number of nitrogens with zero attached hydrogens (tertiary/aromatic N) is 3. The number of carbonyl (C=O) groups excluding carboxylic acids is 1. The number of piperidine rings is 1. The van der Waals surface area contributed by atoms with E-state index < -0.39 is 0 Å². The number of aryl methyl sites for hydroxylation is 2. The molecule has 0 radical (unpaired) electrons. The summed E-state index contributed by atoms with van der Waals surface area (Å²) in [5, 5.41) is 1.42. The summed E-state index contributed by atoms with van der Waals surface area (Å²) in [4.78, 5) is 34.7. The summed E-state index contributed by atoms with van der Waals surface area (Å²) >= 11 is 3.03. The molecule has 0 aromatic carbocycles. The molecule has 28 heavy (non-hydrogen) atoms. The highest BCUT2D eigenvalue weighted by atomic mass is 32.2. The monoisotopic (exact) mass is 421 g/mol. The van der Waals surface area contributed by atoms with Crippen LogP contribution in [0.2, 0.25) is 0 Å². The predicted octanol–water partition coefficient (Wildman–Crippen LogP) is 2.94. The number of ether oxygens (including phenoxy) is 1. The van der Waals surface area contributed by atoms with Gasteiger partial charge in [-0.15, -0.1) is 11.3 Å². The molecule has 0 saturated carbocycles. The van der Waals surface area contributed by atoms with Crippen LogP contribution in [-0.4, -0.2) is 52.9 Å². The Morgan fingerprint density at radius 1 is 1.32 bits per heavy atom. The lowest BCUT2D eigenvalue weighted by molar-refractivity contribution is -0.129. The Bertz CT molecular complexity index is 929. The van der Waals surface area contributed by atoms with Crippen LogP contribution in [0.25, 0.3) is 10.2 Å². The van der Waals surface area contributed by atoms with Crippen molar-refractivity contribution in [2.45, 2.75) is 50.7 Å². The number of likely N-dealkylation sites (tertiary alicyclic amines) is 1. The molecule has 3 heterocycles. The zero-order chi connectivity index (χ0) is 19.7. The Morgan fingerprint density at radius 3 is 2.86 bits per heavy atom. The van der Waals surface area contributed by atoms with E-state index in [2.05, 4.69) is 6.92 Å². The highest BCUT2D eigenvalue weighted by Gasteiger charge is 2.25. The van der Waals surface area contributed by atoms with Gasteiger partial charge in [0.05, 0.1) is 24.3 Å². The minimum absolute atomic E-state index is 0.0168. The second-order valence-electron chi connectivity index (χ2n) is 7.73. The van der Waals surface area contributed by atoms with Crippen LogP contribution in [0.15, 0.2) is 9.95 Å². The van der Waals surface area contributed by atoms with Crippen molar-refractivity contribution >= 4 is 39.2 Å². The molecule has 152 valence electrons. The molecule has 0 unspecified atom stereocenters. The van der Waals surface area contributed by atoms with Gasteiger partial charge < -0.3 is 9.64 Å². The molecule has 0 N–H and O–H groups in total. The van der Waals surface area contributed by atoms with Crippen LogP contribution in [0.1, 0.15) is 36.6 Å². The van der Waals surface area contributed by atoms with Gasteiger partial charge in [0.15, 0.2) is 5.16 Å². The molecule has 1 aliphatic heterocycles. The maximum atomic E-state index is 13.2. The zero-order valence-corrected chi connectivity index (χ0v) is 18.2. The molecule has 6 nitrogen and oxygen atoms in total. The molecule has 0 spiro atoms. The fourth-order valence-electron chi connectivity index (χ4n) is 4.02. The van der Waals surface area contributed by atoms with E-state index in [0.29, 0.717) is 30.0 Å². The minimum atomic E-state index is 0.0168. The maximum absolute atomic E-state index is 13.2. The predicted molar refractivity (Wildman–Crippen MR) is 113 cm³/mol. The minimum Gasteiger partial charge on any atom is -0.383 e. The van der Waals surface area contributed by atoms with Crippen molar-refractivity contribution in [2.24, 2.45) is 5.92 Å². The first-order chi connectivity index (χ1) is 13.6. The number of carbonyl (C=O) groups is 1. The Kier molecular flexibility index (Phi) is 6.08. The van der Waals surface area contributed by atoms with E-state index in [1.165, 1.54) is 22.2 Å². The Hall–Kier alpha value is -1.38. The van der Waals surface area contributed by atoms with Gasteiger partial charge in [-0.2, -0.15) is 0 Å². The van der Waals surface area contributed by atoms with E-state index in [4.69, 9.17) is 9.72 Å². The smallest absolute Gasteiger partial charge is 0.263 e. The van der Waals surface area contributed by atoms with Crippen LogP contribution < -0.4 is 5.56 Å². The average molecular weight is 422 g/mol. The summed E-state index contributed by atoms with van der Waals surface area (Å²) in [6, 6.07) is 0. The fraction of sp³-hybridized carbons (Fsp3) is 0.650. The van der Waals surface area contributed by atoms with Crippen molar-refractivity contribution in [3.8, 4) is 0 Å². The highest BCUT2D eigenvalue weighted by Crippen LogP contribution is 2.35. The Morgan fingerprint density at radius 2 is 2.11 bits per heavy atom. The van der Waals surface area contributed by atoms with Gasteiger partial charge in [-0.1, -0.05) is 18.7 Å². The van der Waals surface area contributed by atoms with E-state index in [1.807, 2.05) is 4.90 Å². The number of hydrogen-bond donors (Lipinski definition) is 0. The molecule has 1 fully saturated rings. The summed E-state index contributed by atoms with van der Waals surface area (Å²) < 4.78 is 6.91. The van der Waals surface area contributed by atoms with Crippen LogP contribution in [0, 0.1) is 5.92 Å². The van der Waals surface area contributed by atoms with Gasteiger partial charge in [-0.3, -0.25) is 14.2 Å². The number of fused-ring (bicyclic) bond motifs is 3. The molecule has 8 heteroatoms. The van der Waals surface area contributed by atoms with Gasteiger partial charge >= 0.3 is 0 Å². The number of hydrogen-bond acceptors (Lipinski definition) is 6. The summed E-state index contributed by atoms with van der Waals surface area (Å²) in [5.74, 6) is 1.16. The lowest BCUT2D eigenvalue weighted by Crippen LogP contribution is -2.39. The number of thioether (sulfide) groups is 1. The van der Waals surface area contributed by atoms with Crippen LogP contribution in [0.5, 0.6) is 0 Å². The molecular weight excluding hydrogens is 394 g/mol. The summed E-state index contributed by atoms with van der Waals surface area (Å²) in [6.07, 6.45) is 5.27. The van der Waals surface area contributed by atoms with E-state index in [9.17, 15) is 9.59 Å². The Labute approximate surface area is 173 Å². The third-order valence-corrected chi connectivity index (χ3v) is 7.92. The number of rotatable bonds is 6. The number of aromatic nitrogens is 2. The molecule has 2 aliphatic rings. The van der Waals surface area contributed by atoms with Crippen molar-refractivity contribution in [2.75, 3.05) is 32.6 Å². The van der Waals surface area contributed by atoms with Gasteiger partial charge in [-0.25, -0.2) is 4.98 Å². The van der Waals surface area contributed by atoms with Crippen molar-refractivity contribution in [3.63, 3.8) is 0 Å². The van der Waals surface area contributed by atoms with Gasteiger partial charge in [0.2, 0.25) is 5.91 Å². The van der Waals surface area contributed by atoms with Crippen LogP contribution >= 0.6 is 23.1 Å². The first-order valence-electron chi connectivity index (χ1n) is 10.0. The van der Waals surface area contributed by atoms with Crippen LogP contribution in [0.4, 0.5) is 0 Å². The van der Waals surface area contributed by atoms with E-state index >= 15 is 0 Å². The Balaban J connectivity index is 1.58. The van der Waals surface area contributed by atoms with Crippen LogP contribution in [0.3, 0.4) is 0 Å². The lowest BCUT2D eigenvalue weighted by atomic mass is 9.99. The number of thiophene rings is 1. The van der Waals surface area contributed by atoms with Crippen molar-refractivity contribution < 1.29 is 9.53 Å². The fourth-order valence-corrected chi connectivity index (χ4v) is 6.25. The third kappa shape index (κ3) is 3.86. The molecule has 2 aromatic rings. The van der Waals surface area contributed by atoms with Gasteiger partial charge in [0.25, 0.3) is 5.56 Å². The summed E-state index contributed by atoms with van der Waals surface area (Å²) in [6.45, 7) is 4.82. The highest BCUT2D eigenvalue weighted by molar-refractivity contribution is 7.99. The molecule has 1 aliphatic carbocycles. The molecule has 0 atom stereocenters. The zero-order valence-electron chi connectivity index (χ0n) is 16.5. The third-order valence-electron chi connectivity index (χ3n) is 5.77. The largest absolute Gasteiger partial charge is 0.383 e. The first kappa shape index (κ1) is 19.9. The topological polar surface area (TPSA) is 64.4 Å². The lowest BCUT2D eigenvalue weighted by Gasteiger charge is -2.30.